The second kappa shape index (κ2) is 11.6. The first-order valence-corrected chi connectivity index (χ1v) is 12.5. The molecular formula is C28H23ClN4O2S. The summed E-state index contributed by atoms with van der Waals surface area (Å²) in [6.07, 6.45) is 0. The standard InChI is InChI=1S/C28H23ClN4O2S/c1-18-25(27(35)33-20-12-6-3-7-13-20)26(21-14-8-9-15-23(21)29)22(16-30)28(31-18)36-17-24(34)32-19-10-4-2-5-11-19/h2-15,26,31H,17H2,1H3,(H,32,34)(H,33,35). The highest BCUT2D eigenvalue weighted by molar-refractivity contribution is 8.03. The van der Waals surface area contributed by atoms with E-state index >= 15 is 0 Å². The first-order chi connectivity index (χ1) is 17.5. The lowest BCUT2D eigenvalue weighted by molar-refractivity contribution is -0.114. The highest BCUT2D eigenvalue weighted by Gasteiger charge is 2.35. The minimum Gasteiger partial charge on any atom is -0.353 e. The van der Waals surface area contributed by atoms with Gasteiger partial charge in [0.1, 0.15) is 0 Å². The van der Waals surface area contributed by atoms with Crippen molar-refractivity contribution in [3.05, 3.63) is 117 Å². The molecule has 3 aromatic rings. The Balaban J connectivity index is 1.65. The topological polar surface area (TPSA) is 94.0 Å². The smallest absolute Gasteiger partial charge is 0.254 e. The second-order valence-corrected chi connectivity index (χ2v) is 9.39. The zero-order valence-electron chi connectivity index (χ0n) is 19.4. The molecule has 6 nitrogen and oxygen atoms in total. The molecule has 0 bridgehead atoms. The van der Waals surface area contributed by atoms with Gasteiger partial charge in [-0.1, -0.05) is 78.0 Å². The van der Waals surface area contributed by atoms with Crippen LogP contribution in [0, 0.1) is 11.3 Å². The van der Waals surface area contributed by atoms with Crippen LogP contribution in [-0.2, 0) is 9.59 Å². The van der Waals surface area contributed by atoms with Crippen LogP contribution in [0.1, 0.15) is 18.4 Å². The van der Waals surface area contributed by atoms with Gasteiger partial charge in [0.2, 0.25) is 5.91 Å². The van der Waals surface area contributed by atoms with Crippen molar-refractivity contribution in [2.75, 3.05) is 16.4 Å². The number of hydrogen-bond acceptors (Lipinski definition) is 5. The summed E-state index contributed by atoms with van der Waals surface area (Å²) in [7, 11) is 0. The summed E-state index contributed by atoms with van der Waals surface area (Å²) in [4.78, 5) is 26.0. The number of dihydropyridines is 1. The highest BCUT2D eigenvalue weighted by Crippen LogP contribution is 2.43. The van der Waals surface area contributed by atoms with E-state index in [1.807, 2.05) is 48.5 Å². The van der Waals surface area contributed by atoms with Gasteiger partial charge in [-0.05, 0) is 42.8 Å². The van der Waals surface area contributed by atoms with Crippen molar-refractivity contribution in [2.24, 2.45) is 0 Å². The van der Waals surface area contributed by atoms with Crippen LogP contribution in [0.3, 0.4) is 0 Å². The van der Waals surface area contributed by atoms with Gasteiger partial charge < -0.3 is 16.0 Å². The molecule has 0 aromatic heterocycles. The van der Waals surface area contributed by atoms with E-state index in [-0.39, 0.29) is 17.6 Å². The van der Waals surface area contributed by atoms with Crippen molar-refractivity contribution in [3.63, 3.8) is 0 Å². The van der Waals surface area contributed by atoms with E-state index in [2.05, 4.69) is 22.0 Å². The van der Waals surface area contributed by atoms with Gasteiger partial charge in [-0.2, -0.15) is 5.26 Å². The van der Waals surface area contributed by atoms with Crippen molar-refractivity contribution < 1.29 is 9.59 Å². The number of hydrogen-bond donors (Lipinski definition) is 3. The third kappa shape index (κ3) is 5.80. The number of allylic oxidation sites excluding steroid dienone is 2. The zero-order valence-corrected chi connectivity index (χ0v) is 21.0. The maximum Gasteiger partial charge on any atom is 0.254 e. The number of nitriles is 1. The largest absolute Gasteiger partial charge is 0.353 e. The van der Waals surface area contributed by atoms with E-state index in [1.54, 1.807) is 43.3 Å². The Morgan fingerprint density at radius 3 is 2.14 bits per heavy atom. The number of nitrogens with zero attached hydrogens (tertiary/aromatic N) is 1. The van der Waals surface area contributed by atoms with Crippen LogP contribution in [0.5, 0.6) is 0 Å². The number of nitrogens with one attached hydrogen (secondary N) is 3. The Morgan fingerprint density at radius 2 is 1.53 bits per heavy atom. The van der Waals surface area contributed by atoms with Gasteiger partial charge in [-0.25, -0.2) is 0 Å². The lowest BCUT2D eigenvalue weighted by atomic mass is 9.82. The lowest BCUT2D eigenvalue weighted by Gasteiger charge is -2.30. The third-order valence-electron chi connectivity index (χ3n) is 5.55. The Morgan fingerprint density at radius 1 is 0.944 bits per heavy atom. The number of carbonyl (C=O) groups excluding carboxylic acids is 2. The van der Waals surface area contributed by atoms with Gasteiger partial charge in [-0.15, -0.1) is 0 Å². The van der Waals surface area contributed by atoms with Crippen LogP contribution in [0.15, 0.2) is 107 Å². The molecular weight excluding hydrogens is 492 g/mol. The molecule has 1 atom stereocenters. The maximum absolute atomic E-state index is 13.5. The first kappa shape index (κ1) is 25.1. The van der Waals surface area contributed by atoms with Gasteiger partial charge in [-0.3, -0.25) is 9.59 Å². The van der Waals surface area contributed by atoms with E-state index in [0.717, 1.165) is 0 Å². The minimum absolute atomic E-state index is 0.0798. The van der Waals surface area contributed by atoms with Crippen LogP contribution in [0.25, 0.3) is 0 Å². The summed E-state index contributed by atoms with van der Waals surface area (Å²) in [6.45, 7) is 1.78. The summed E-state index contributed by atoms with van der Waals surface area (Å²) in [5, 5.41) is 20.1. The Kier molecular flexibility index (Phi) is 8.11. The molecule has 0 fully saturated rings. The minimum atomic E-state index is -0.701. The fraction of sp³-hybridized carbons (Fsp3) is 0.107. The Labute approximate surface area is 219 Å². The van der Waals surface area contributed by atoms with Gasteiger partial charge in [0.25, 0.3) is 5.91 Å². The molecule has 4 rings (SSSR count). The van der Waals surface area contributed by atoms with Gasteiger partial charge in [0.05, 0.1) is 28.3 Å². The molecule has 3 N–H and O–H groups in total. The van der Waals surface area contributed by atoms with Crippen LogP contribution >= 0.6 is 23.4 Å². The number of amides is 2. The molecule has 2 amide bonds. The number of thioether (sulfide) groups is 1. The van der Waals surface area contributed by atoms with Gasteiger partial charge >= 0.3 is 0 Å². The number of anilines is 2. The third-order valence-corrected chi connectivity index (χ3v) is 6.91. The van der Waals surface area contributed by atoms with E-state index in [4.69, 9.17) is 11.6 Å². The predicted molar refractivity (Wildman–Crippen MR) is 145 cm³/mol. The molecule has 1 aliphatic rings. The van der Waals surface area contributed by atoms with Crippen molar-refractivity contribution in [1.29, 1.82) is 5.26 Å². The maximum atomic E-state index is 13.5. The molecule has 0 aliphatic carbocycles. The fourth-order valence-electron chi connectivity index (χ4n) is 3.92. The molecule has 0 spiro atoms. The number of benzene rings is 3. The highest BCUT2D eigenvalue weighted by atomic mass is 35.5. The monoisotopic (exact) mass is 514 g/mol. The lowest BCUT2D eigenvalue weighted by Crippen LogP contribution is -2.31. The van der Waals surface area contributed by atoms with Crippen molar-refractivity contribution in [3.8, 4) is 6.07 Å². The summed E-state index contributed by atoms with van der Waals surface area (Å²) < 4.78 is 0. The molecule has 3 aromatic carbocycles. The molecule has 0 saturated carbocycles. The molecule has 180 valence electrons. The summed E-state index contributed by atoms with van der Waals surface area (Å²) in [5.74, 6) is -1.17. The molecule has 1 unspecified atom stereocenters. The van der Waals surface area contributed by atoms with Crippen LogP contribution < -0.4 is 16.0 Å². The molecule has 8 heteroatoms. The first-order valence-electron chi connectivity index (χ1n) is 11.2. The number of para-hydroxylation sites is 2. The average Bonchev–Trinajstić information content (AvgIpc) is 2.88. The average molecular weight is 515 g/mol. The summed E-state index contributed by atoms with van der Waals surface area (Å²) in [5.41, 5.74) is 3.27. The molecule has 1 aliphatic heterocycles. The molecule has 1 heterocycles. The number of carbonyl (C=O) groups is 2. The second-order valence-electron chi connectivity index (χ2n) is 8.00. The van der Waals surface area contributed by atoms with Crippen LogP contribution in [0.4, 0.5) is 11.4 Å². The predicted octanol–water partition coefficient (Wildman–Crippen LogP) is 6.05. The van der Waals surface area contributed by atoms with E-state index in [9.17, 15) is 14.9 Å². The van der Waals surface area contributed by atoms with Crippen molar-refractivity contribution in [1.82, 2.24) is 5.32 Å². The Hall–Kier alpha value is -3.99. The van der Waals surface area contributed by atoms with Gasteiger partial charge in [0, 0.05) is 27.7 Å². The van der Waals surface area contributed by atoms with E-state index in [0.29, 0.717) is 43.8 Å². The SMILES string of the molecule is CC1=C(C(=O)Nc2ccccc2)C(c2ccccc2Cl)C(C#N)=C(SCC(=O)Nc2ccccc2)N1. The van der Waals surface area contributed by atoms with Crippen molar-refractivity contribution in [2.45, 2.75) is 12.8 Å². The molecule has 0 radical (unpaired) electrons. The van der Waals surface area contributed by atoms with Crippen LogP contribution in [-0.4, -0.2) is 17.6 Å². The van der Waals surface area contributed by atoms with E-state index in [1.165, 1.54) is 11.8 Å². The summed E-state index contributed by atoms with van der Waals surface area (Å²) in [6, 6.07) is 27.7. The molecule has 36 heavy (non-hydrogen) atoms. The Bertz CT molecular complexity index is 1380. The van der Waals surface area contributed by atoms with Crippen molar-refractivity contribution >= 4 is 46.6 Å². The van der Waals surface area contributed by atoms with Crippen LogP contribution in [0.2, 0.25) is 5.02 Å². The number of halogens is 1. The quantitative estimate of drug-likeness (QED) is 0.357. The number of rotatable bonds is 7. The zero-order chi connectivity index (χ0) is 25.5. The normalized spacial score (nSPS) is 15.1. The van der Waals surface area contributed by atoms with E-state index < -0.39 is 5.92 Å². The van der Waals surface area contributed by atoms with Gasteiger partial charge in [0.15, 0.2) is 0 Å². The fourth-order valence-corrected chi connectivity index (χ4v) is 5.06. The molecule has 0 saturated heterocycles. The summed E-state index contributed by atoms with van der Waals surface area (Å²) >= 11 is 7.75.